The lowest BCUT2D eigenvalue weighted by Gasteiger charge is -2.42. The van der Waals surface area contributed by atoms with Gasteiger partial charge in [0.2, 0.25) is 0 Å². The van der Waals surface area contributed by atoms with Crippen LogP contribution in [0.5, 0.6) is 5.75 Å². The highest BCUT2D eigenvalue weighted by Gasteiger charge is 2.46. The minimum atomic E-state index is -0.245. The second kappa shape index (κ2) is 8.23. The first-order valence-corrected chi connectivity index (χ1v) is 12.1. The quantitative estimate of drug-likeness (QED) is 0.591. The lowest BCUT2D eigenvalue weighted by Crippen LogP contribution is -2.44. The van der Waals surface area contributed by atoms with Crippen LogP contribution >= 0.6 is 0 Å². The van der Waals surface area contributed by atoms with Crippen LogP contribution < -0.4 is 26.0 Å². The molecule has 4 N–H and O–H groups in total. The van der Waals surface area contributed by atoms with E-state index in [2.05, 4.69) is 32.1 Å². The molecule has 0 radical (unpaired) electrons. The van der Waals surface area contributed by atoms with Gasteiger partial charge in [0.25, 0.3) is 5.91 Å². The third kappa shape index (κ3) is 3.51. The van der Waals surface area contributed by atoms with E-state index in [0.29, 0.717) is 12.4 Å². The van der Waals surface area contributed by atoms with E-state index in [-0.39, 0.29) is 28.9 Å². The smallest absolute Gasteiger partial charge is 0.281 e. The van der Waals surface area contributed by atoms with Crippen LogP contribution in [0.15, 0.2) is 36.7 Å². The van der Waals surface area contributed by atoms with Crippen molar-refractivity contribution in [2.24, 2.45) is 11.1 Å². The number of hydrogen-bond acceptors (Lipinski definition) is 8. The zero-order valence-electron chi connectivity index (χ0n) is 19.9. The van der Waals surface area contributed by atoms with Gasteiger partial charge in [0.15, 0.2) is 11.5 Å². The number of nitrogens with zero attached hydrogens (tertiary/aromatic N) is 6. The van der Waals surface area contributed by atoms with Crippen LogP contribution in [0.2, 0.25) is 0 Å². The SMILES string of the molecule is COc1ccc2c(c1)C(N)C1(CCN(c3cnc(C(=O)N4CCCn5nccc54)c(N)n3)CC1)C2. The zero-order valence-corrected chi connectivity index (χ0v) is 19.9. The molecule has 1 fully saturated rings. The Morgan fingerprint density at radius 1 is 1.17 bits per heavy atom. The molecule has 2 aliphatic heterocycles. The Morgan fingerprint density at radius 3 is 2.77 bits per heavy atom. The number of piperidine rings is 1. The molecule has 3 aromatic rings. The van der Waals surface area contributed by atoms with Crippen molar-refractivity contribution in [3.05, 3.63) is 53.5 Å². The van der Waals surface area contributed by atoms with Gasteiger partial charge in [-0.2, -0.15) is 5.10 Å². The summed E-state index contributed by atoms with van der Waals surface area (Å²) < 4.78 is 7.23. The number of rotatable bonds is 3. The van der Waals surface area contributed by atoms with Gasteiger partial charge in [-0.05, 0) is 54.4 Å². The fourth-order valence-electron chi connectivity index (χ4n) is 5.90. The maximum atomic E-state index is 13.2. The maximum absolute atomic E-state index is 13.2. The summed E-state index contributed by atoms with van der Waals surface area (Å²) in [4.78, 5) is 26.1. The van der Waals surface area contributed by atoms with Crippen LogP contribution in [0.25, 0.3) is 0 Å². The Kier molecular flexibility index (Phi) is 5.14. The van der Waals surface area contributed by atoms with Gasteiger partial charge in [-0.3, -0.25) is 9.69 Å². The largest absolute Gasteiger partial charge is 0.497 e. The molecule has 1 atom stereocenters. The molecule has 6 rings (SSSR count). The van der Waals surface area contributed by atoms with E-state index in [1.54, 1.807) is 24.4 Å². The molecular formula is C25H30N8O2. The third-order valence-corrected chi connectivity index (χ3v) is 7.93. The lowest BCUT2D eigenvalue weighted by molar-refractivity contribution is 0.0977. The summed E-state index contributed by atoms with van der Waals surface area (Å²) >= 11 is 0. The van der Waals surface area contributed by atoms with E-state index in [1.165, 1.54) is 11.1 Å². The predicted molar refractivity (Wildman–Crippen MR) is 132 cm³/mol. The van der Waals surface area contributed by atoms with Gasteiger partial charge < -0.3 is 21.1 Å². The molecule has 0 saturated carbocycles. The highest BCUT2D eigenvalue weighted by Crippen LogP contribution is 2.51. The standard InChI is InChI=1S/C25H30N8O2/c1-35-17-4-3-16-14-25(22(26)18(16)13-17)6-11-31(12-7-25)19-15-28-21(23(27)30-19)24(34)32-9-2-10-33-20(32)5-8-29-33/h3-5,8,13,15,22H,2,6-7,9-12,14,26H2,1H3,(H2,27,30). The first-order chi connectivity index (χ1) is 17.0. The first-order valence-electron chi connectivity index (χ1n) is 12.1. The van der Waals surface area contributed by atoms with Crippen molar-refractivity contribution in [3.63, 3.8) is 0 Å². The average Bonchev–Trinajstić information content (AvgIpc) is 3.47. The number of nitrogens with two attached hydrogens (primary N) is 2. The summed E-state index contributed by atoms with van der Waals surface area (Å²) in [5.74, 6) is 2.22. The molecule has 182 valence electrons. The molecule has 4 heterocycles. The topological polar surface area (TPSA) is 128 Å². The van der Waals surface area contributed by atoms with Crippen molar-refractivity contribution in [1.82, 2.24) is 19.7 Å². The van der Waals surface area contributed by atoms with Gasteiger partial charge >= 0.3 is 0 Å². The van der Waals surface area contributed by atoms with Crippen LogP contribution in [-0.4, -0.2) is 52.4 Å². The van der Waals surface area contributed by atoms with E-state index >= 15 is 0 Å². The van der Waals surface area contributed by atoms with E-state index in [0.717, 1.165) is 56.9 Å². The molecule has 10 nitrogen and oxygen atoms in total. The summed E-state index contributed by atoms with van der Waals surface area (Å²) in [7, 11) is 1.68. The van der Waals surface area contributed by atoms with E-state index in [4.69, 9.17) is 16.2 Å². The molecule has 1 saturated heterocycles. The Labute approximate surface area is 203 Å². The number of nitrogen functional groups attached to an aromatic ring is 1. The maximum Gasteiger partial charge on any atom is 0.281 e. The van der Waals surface area contributed by atoms with Crippen LogP contribution in [0, 0.1) is 5.41 Å². The highest BCUT2D eigenvalue weighted by molar-refractivity contribution is 6.07. The molecule has 1 aliphatic carbocycles. The fourth-order valence-corrected chi connectivity index (χ4v) is 5.90. The number of fused-ring (bicyclic) bond motifs is 2. The van der Waals surface area contributed by atoms with Crippen LogP contribution in [0.3, 0.4) is 0 Å². The minimum Gasteiger partial charge on any atom is -0.497 e. The van der Waals surface area contributed by atoms with Gasteiger partial charge in [-0.15, -0.1) is 0 Å². The van der Waals surface area contributed by atoms with Gasteiger partial charge in [-0.25, -0.2) is 14.6 Å². The number of aromatic nitrogens is 4. The Balaban J connectivity index is 1.17. The number of amides is 1. The number of carbonyl (C=O) groups excluding carboxylic acids is 1. The monoisotopic (exact) mass is 474 g/mol. The molecule has 1 unspecified atom stereocenters. The van der Waals surface area contributed by atoms with Crippen molar-refractivity contribution >= 4 is 23.4 Å². The summed E-state index contributed by atoms with van der Waals surface area (Å²) in [6.07, 6.45) is 7.08. The summed E-state index contributed by atoms with van der Waals surface area (Å²) in [5, 5.41) is 4.27. The Hall–Kier alpha value is -3.66. The third-order valence-electron chi connectivity index (χ3n) is 7.93. The van der Waals surface area contributed by atoms with Crippen molar-refractivity contribution in [3.8, 4) is 5.75 Å². The van der Waals surface area contributed by atoms with Crippen molar-refractivity contribution < 1.29 is 9.53 Å². The molecule has 1 amide bonds. The van der Waals surface area contributed by atoms with Crippen molar-refractivity contribution in [1.29, 1.82) is 0 Å². The summed E-state index contributed by atoms with van der Waals surface area (Å²) in [6, 6.07) is 8.06. The molecule has 1 spiro atoms. The number of hydrogen-bond donors (Lipinski definition) is 2. The molecule has 10 heteroatoms. The average molecular weight is 475 g/mol. The summed E-state index contributed by atoms with van der Waals surface area (Å²) in [6.45, 7) is 3.03. The summed E-state index contributed by atoms with van der Waals surface area (Å²) in [5.41, 5.74) is 15.8. The molecule has 1 aromatic carbocycles. The molecular weight excluding hydrogens is 444 g/mol. The molecule has 3 aliphatic rings. The molecule has 0 bridgehead atoms. The number of ether oxygens (including phenoxy) is 1. The number of benzene rings is 1. The Morgan fingerprint density at radius 2 is 2.00 bits per heavy atom. The minimum absolute atomic E-state index is 0.0103. The first kappa shape index (κ1) is 21.8. The zero-order chi connectivity index (χ0) is 24.2. The normalized spacial score (nSPS) is 20.6. The van der Waals surface area contributed by atoms with Gasteiger partial charge in [0.05, 0.1) is 19.5 Å². The fraction of sp³-hybridized carbons (Fsp3) is 0.440. The van der Waals surface area contributed by atoms with Gasteiger partial charge in [-0.1, -0.05) is 6.07 Å². The van der Waals surface area contributed by atoms with Crippen LogP contribution in [0.4, 0.5) is 17.5 Å². The van der Waals surface area contributed by atoms with Crippen molar-refractivity contribution in [2.45, 2.75) is 38.3 Å². The van der Waals surface area contributed by atoms with E-state index < -0.39 is 0 Å². The number of aryl methyl sites for hydroxylation is 1. The second-order valence-corrected chi connectivity index (χ2v) is 9.75. The lowest BCUT2D eigenvalue weighted by atomic mass is 9.73. The molecule has 2 aromatic heterocycles. The second-order valence-electron chi connectivity index (χ2n) is 9.75. The van der Waals surface area contributed by atoms with Gasteiger partial charge in [0.1, 0.15) is 17.4 Å². The highest BCUT2D eigenvalue weighted by atomic mass is 16.5. The number of carbonyl (C=O) groups is 1. The number of anilines is 3. The Bertz CT molecular complexity index is 1280. The molecule has 35 heavy (non-hydrogen) atoms. The predicted octanol–water partition coefficient (Wildman–Crippen LogP) is 2.16. The van der Waals surface area contributed by atoms with Crippen LogP contribution in [0.1, 0.15) is 46.9 Å². The van der Waals surface area contributed by atoms with Crippen molar-refractivity contribution in [2.75, 3.05) is 42.3 Å². The number of methoxy groups -OCH3 is 1. The van der Waals surface area contributed by atoms with Gasteiger partial charge in [0, 0.05) is 38.3 Å². The van der Waals surface area contributed by atoms with E-state index in [9.17, 15) is 4.79 Å². The van der Waals surface area contributed by atoms with Crippen LogP contribution in [-0.2, 0) is 13.0 Å². The van der Waals surface area contributed by atoms with E-state index in [1.807, 2.05) is 16.8 Å².